The van der Waals surface area contributed by atoms with Crippen LogP contribution in [0.15, 0.2) is 82.6 Å². The van der Waals surface area contributed by atoms with E-state index in [1.165, 1.54) is 46.1 Å². The largest absolute Gasteiger partial charge is 0.489 e. The quantitative estimate of drug-likeness (QED) is 0.279. The van der Waals surface area contributed by atoms with Gasteiger partial charge >= 0.3 is 4.87 Å². The lowest BCUT2D eigenvalue weighted by Gasteiger charge is -2.43. The van der Waals surface area contributed by atoms with Gasteiger partial charge in [0.2, 0.25) is 11.8 Å². The highest BCUT2D eigenvalue weighted by atomic mass is 32.2. The molecule has 3 aromatic carbocycles. The summed E-state index contributed by atoms with van der Waals surface area (Å²) in [5.41, 5.74) is 3.82. The fourth-order valence-electron chi connectivity index (χ4n) is 7.86. The molecule has 7 atom stereocenters. The first-order valence-corrected chi connectivity index (χ1v) is 15.9. The van der Waals surface area contributed by atoms with Crippen LogP contribution in [0.4, 0.5) is 10.1 Å². The number of fused-ring (bicyclic) bond motifs is 9. The minimum atomic E-state index is -0.407. The molecule has 1 N–H and O–H groups in total. The van der Waals surface area contributed by atoms with Gasteiger partial charge in [0.05, 0.1) is 22.5 Å². The Hall–Kier alpha value is -3.69. The number of thiazole rings is 1. The van der Waals surface area contributed by atoms with Crippen LogP contribution < -0.4 is 14.5 Å². The Bertz CT molecular complexity index is 1770. The normalized spacial score (nSPS) is 29.0. The molecule has 4 aliphatic rings. The van der Waals surface area contributed by atoms with Crippen molar-refractivity contribution >= 4 is 40.6 Å². The van der Waals surface area contributed by atoms with Crippen molar-refractivity contribution in [2.75, 3.05) is 4.90 Å². The number of benzene rings is 3. The van der Waals surface area contributed by atoms with Crippen LogP contribution in [-0.4, -0.2) is 22.0 Å². The second-order valence-electron chi connectivity index (χ2n) is 11.8. The predicted octanol–water partition coefficient (Wildman–Crippen LogP) is 6.14. The number of hydrogen-bond donors (Lipinski definition) is 1. The van der Waals surface area contributed by atoms with Gasteiger partial charge in [-0.3, -0.25) is 19.3 Å². The molecule has 8 rings (SSSR count). The van der Waals surface area contributed by atoms with Crippen LogP contribution in [0.2, 0.25) is 0 Å². The first kappa shape index (κ1) is 26.0. The molecule has 0 unspecified atom stereocenters. The fourth-order valence-corrected chi connectivity index (χ4v) is 10.7. The summed E-state index contributed by atoms with van der Waals surface area (Å²) >= 11 is 2.92. The van der Waals surface area contributed by atoms with Crippen LogP contribution >= 0.6 is 23.1 Å². The number of carbonyl (C=O) groups excluding carboxylic acids is 2. The molecular formula is C33H27FN2O4S2. The molecule has 3 heterocycles. The molecule has 0 spiro atoms. The number of thioether (sulfide) groups is 1. The third-order valence-electron chi connectivity index (χ3n) is 9.57. The van der Waals surface area contributed by atoms with Crippen LogP contribution in [0.5, 0.6) is 5.75 Å². The molecule has 42 heavy (non-hydrogen) atoms. The first-order chi connectivity index (χ1) is 20.4. The Kier molecular flexibility index (Phi) is 5.98. The molecule has 9 heteroatoms. The Morgan fingerprint density at radius 2 is 1.60 bits per heavy atom. The number of imide groups is 1. The highest BCUT2D eigenvalue weighted by Gasteiger charge is 2.69. The van der Waals surface area contributed by atoms with E-state index in [0.29, 0.717) is 12.3 Å². The third kappa shape index (κ3) is 3.93. The van der Waals surface area contributed by atoms with Gasteiger partial charge in [0.25, 0.3) is 0 Å². The second kappa shape index (κ2) is 9.67. The molecule has 3 fully saturated rings. The van der Waals surface area contributed by atoms with Gasteiger partial charge in [-0.15, -0.1) is 11.8 Å². The number of ether oxygens (including phenoxy) is 1. The lowest BCUT2D eigenvalue weighted by molar-refractivity contribution is -0.123. The van der Waals surface area contributed by atoms with Gasteiger partial charge in [-0.25, -0.2) is 4.39 Å². The van der Waals surface area contributed by atoms with Crippen LogP contribution in [0.1, 0.15) is 33.9 Å². The van der Waals surface area contributed by atoms with Gasteiger partial charge in [-0.05, 0) is 78.6 Å². The fraction of sp³-hybridized carbons (Fsp3) is 0.303. The topological polar surface area (TPSA) is 79.5 Å². The zero-order chi connectivity index (χ0) is 28.7. The number of nitrogens with one attached hydrogen (secondary N) is 1. The van der Waals surface area contributed by atoms with Crippen molar-refractivity contribution in [2.45, 2.75) is 36.1 Å². The van der Waals surface area contributed by atoms with Gasteiger partial charge in [0.1, 0.15) is 18.2 Å². The molecule has 2 bridgehead atoms. The summed E-state index contributed by atoms with van der Waals surface area (Å²) < 4.78 is 19.7. The molecule has 4 aromatic rings. The second-order valence-corrected chi connectivity index (χ2v) is 14.0. The van der Waals surface area contributed by atoms with Crippen molar-refractivity contribution in [1.29, 1.82) is 0 Å². The van der Waals surface area contributed by atoms with E-state index in [4.69, 9.17) is 4.74 Å². The van der Waals surface area contributed by atoms with Gasteiger partial charge in [0.15, 0.2) is 0 Å². The third-order valence-corrected chi connectivity index (χ3v) is 12.2. The Balaban J connectivity index is 1.11. The van der Waals surface area contributed by atoms with Crippen LogP contribution in [0.25, 0.3) is 0 Å². The molecular weight excluding hydrogens is 572 g/mol. The molecule has 6 nitrogen and oxygen atoms in total. The van der Waals surface area contributed by atoms with Crippen molar-refractivity contribution in [2.24, 2.45) is 29.6 Å². The number of aromatic amines is 1. The number of hydrogen-bond acceptors (Lipinski definition) is 6. The Morgan fingerprint density at radius 1 is 0.905 bits per heavy atom. The molecule has 212 valence electrons. The van der Waals surface area contributed by atoms with Crippen molar-refractivity contribution in [3.05, 3.63) is 110 Å². The van der Waals surface area contributed by atoms with Crippen molar-refractivity contribution in [1.82, 2.24) is 4.98 Å². The molecule has 2 aliphatic carbocycles. The van der Waals surface area contributed by atoms with E-state index in [-0.39, 0.29) is 51.5 Å². The number of aryl methyl sites for hydroxylation is 1. The molecule has 1 saturated heterocycles. The summed E-state index contributed by atoms with van der Waals surface area (Å²) in [4.78, 5) is 45.3. The number of anilines is 1. The zero-order valence-corrected chi connectivity index (χ0v) is 24.3. The number of carbonyl (C=O) groups is 2. The smallest absolute Gasteiger partial charge is 0.305 e. The average molecular weight is 599 g/mol. The molecule has 2 saturated carbocycles. The lowest BCUT2D eigenvalue weighted by atomic mass is 9.68. The van der Waals surface area contributed by atoms with Crippen LogP contribution in [0, 0.1) is 42.3 Å². The first-order valence-electron chi connectivity index (χ1n) is 14.2. The van der Waals surface area contributed by atoms with Crippen LogP contribution in [0.3, 0.4) is 0 Å². The highest BCUT2D eigenvalue weighted by molar-refractivity contribution is 8.00. The minimum absolute atomic E-state index is 0.0206. The minimum Gasteiger partial charge on any atom is -0.489 e. The molecule has 2 amide bonds. The molecule has 0 radical (unpaired) electrons. The van der Waals surface area contributed by atoms with E-state index in [9.17, 15) is 18.8 Å². The van der Waals surface area contributed by atoms with E-state index in [2.05, 4.69) is 48.3 Å². The zero-order valence-electron chi connectivity index (χ0n) is 22.7. The summed E-state index contributed by atoms with van der Waals surface area (Å²) in [5, 5.41) is 0.994. The monoisotopic (exact) mass is 598 g/mol. The van der Waals surface area contributed by atoms with E-state index in [1.807, 2.05) is 12.1 Å². The number of halogens is 1. The number of H-pyrrole nitrogens is 1. The average Bonchev–Trinajstić information content (AvgIpc) is 3.72. The van der Waals surface area contributed by atoms with Crippen molar-refractivity contribution < 1.29 is 18.7 Å². The molecule has 1 aromatic heterocycles. The Labute approximate surface area is 249 Å². The summed E-state index contributed by atoms with van der Waals surface area (Å²) in [7, 11) is 0. The van der Waals surface area contributed by atoms with E-state index >= 15 is 0 Å². The van der Waals surface area contributed by atoms with Crippen LogP contribution in [-0.2, 0) is 16.2 Å². The highest BCUT2D eigenvalue weighted by Crippen LogP contribution is 2.68. The predicted molar refractivity (Wildman–Crippen MR) is 159 cm³/mol. The summed E-state index contributed by atoms with van der Waals surface area (Å²) in [5.74, 6) is -0.667. The van der Waals surface area contributed by atoms with Crippen molar-refractivity contribution in [3.63, 3.8) is 0 Å². The van der Waals surface area contributed by atoms with Gasteiger partial charge < -0.3 is 9.72 Å². The van der Waals surface area contributed by atoms with E-state index < -0.39 is 11.7 Å². The van der Waals surface area contributed by atoms with Gasteiger partial charge in [0, 0.05) is 16.0 Å². The summed E-state index contributed by atoms with van der Waals surface area (Å²) in [6.45, 7) is 2.53. The van der Waals surface area contributed by atoms with Crippen molar-refractivity contribution in [3.8, 4) is 5.75 Å². The van der Waals surface area contributed by atoms with Gasteiger partial charge in [-0.2, -0.15) is 0 Å². The number of amides is 2. The number of rotatable bonds is 5. The summed E-state index contributed by atoms with van der Waals surface area (Å²) in [6.07, 6.45) is 0.819. The van der Waals surface area contributed by atoms with E-state index in [0.717, 1.165) is 33.2 Å². The maximum Gasteiger partial charge on any atom is 0.305 e. The number of nitrogens with zero attached hydrogens (tertiary/aromatic N) is 1. The van der Waals surface area contributed by atoms with E-state index in [1.54, 1.807) is 11.8 Å². The molecule has 2 aliphatic heterocycles. The Morgan fingerprint density at radius 3 is 2.31 bits per heavy atom. The standard InChI is InChI=1S/C33H27FN2O4S2/c1-16-2-4-17(5-3-16)15-40-21-12-6-18(7-13-21)24-25-22-14-23(28(25)41-30-29(24)42-33(39)35-30)27-26(22)31(37)36(32(27)38)20-10-8-19(34)9-11-20/h2-13,22-28H,14-15H2,1H3,(H,35,39)/t22-,23-,24+,25+,26+,27+,28-/m1/s1. The van der Waals surface area contributed by atoms with Gasteiger partial charge in [-0.1, -0.05) is 53.3 Å². The maximum absolute atomic E-state index is 13.8. The SMILES string of the molecule is Cc1ccc(COc2ccc([C@@H]3c4sc(=O)[nH]c4S[C@@H]4[C@@H]5C[C@@H]([C@@H]6C(=O)N(c7ccc(F)cc7)C(=O)[C@@H]56)[C@@H]34)cc2)cc1. The summed E-state index contributed by atoms with van der Waals surface area (Å²) in [6, 6.07) is 21.9. The maximum atomic E-state index is 13.8. The number of aromatic nitrogens is 1. The lowest BCUT2D eigenvalue weighted by Crippen LogP contribution is -2.42.